The Balaban J connectivity index is 1.86. The predicted molar refractivity (Wildman–Crippen MR) is 96.7 cm³/mol. The molecule has 0 fully saturated rings. The Morgan fingerprint density at radius 1 is 1.09 bits per heavy atom. The number of hydrogen-bond acceptors (Lipinski definition) is 4. The minimum absolute atomic E-state index is 0.140. The molecule has 1 N–H and O–H groups in total. The van der Waals surface area contributed by atoms with E-state index in [9.17, 15) is 4.79 Å². The lowest BCUT2D eigenvalue weighted by molar-refractivity contribution is 0.0955. The molecule has 0 aromatic heterocycles. The number of halogens is 1. The molecule has 2 aromatic rings. The third kappa shape index (κ3) is 5.48. The monoisotopic (exact) mass is 395 g/mol. The van der Waals surface area contributed by atoms with Gasteiger partial charge >= 0.3 is 0 Å². The maximum atomic E-state index is 12.2. The van der Waals surface area contributed by atoms with Crippen LogP contribution < -0.4 is 14.8 Å². The second-order valence-electron chi connectivity index (χ2n) is 4.66. The van der Waals surface area contributed by atoms with Gasteiger partial charge in [-0.05, 0) is 36.4 Å². The molecule has 0 atom stereocenters. The molecular formula is C17H18BrNO3S. The van der Waals surface area contributed by atoms with E-state index in [2.05, 4.69) is 21.2 Å². The summed E-state index contributed by atoms with van der Waals surface area (Å²) in [6.07, 6.45) is 0. The minimum Gasteiger partial charge on any atom is -0.497 e. The van der Waals surface area contributed by atoms with Gasteiger partial charge in [0.2, 0.25) is 0 Å². The molecule has 6 heteroatoms. The maximum Gasteiger partial charge on any atom is 0.251 e. The highest BCUT2D eigenvalue weighted by Gasteiger charge is 2.09. The molecule has 0 aliphatic carbocycles. The lowest BCUT2D eigenvalue weighted by Gasteiger charge is -2.09. The summed E-state index contributed by atoms with van der Waals surface area (Å²) in [7, 11) is 3.12. The number of thioether (sulfide) groups is 1. The summed E-state index contributed by atoms with van der Waals surface area (Å²) in [6.45, 7) is 0.582. The normalized spacial score (nSPS) is 10.2. The van der Waals surface area contributed by atoms with Crippen LogP contribution in [0.1, 0.15) is 10.4 Å². The summed E-state index contributed by atoms with van der Waals surface area (Å²) in [6, 6.07) is 13.2. The van der Waals surface area contributed by atoms with Crippen molar-refractivity contribution in [2.45, 2.75) is 4.90 Å². The Morgan fingerprint density at radius 2 is 1.70 bits per heavy atom. The van der Waals surface area contributed by atoms with Crippen molar-refractivity contribution in [3.8, 4) is 11.5 Å². The van der Waals surface area contributed by atoms with Crippen LogP contribution in [0.3, 0.4) is 0 Å². The number of carbonyl (C=O) groups excluding carboxylic acids is 1. The molecule has 0 unspecified atom stereocenters. The van der Waals surface area contributed by atoms with Gasteiger partial charge in [-0.3, -0.25) is 4.79 Å². The Hall–Kier alpha value is -1.66. The molecule has 2 rings (SSSR count). The summed E-state index contributed by atoms with van der Waals surface area (Å²) in [5.41, 5.74) is 0.523. The second-order valence-corrected chi connectivity index (χ2v) is 6.74. The van der Waals surface area contributed by atoms with Gasteiger partial charge in [0.15, 0.2) is 0 Å². The van der Waals surface area contributed by atoms with E-state index in [1.807, 2.05) is 24.3 Å². The fourth-order valence-corrected chi connectivity index (χ4v) is 2.94. The van der Waals surface area contributed by atoms with Gasteiger partial charge in [0.05, 0.1) is 14.2 Å². The average molecular weight is 396 g/mol. The zero-order valence-corrected chi connectivity index (χ0v) is 15.4. The third-order valence-electron chi connectivity index (χ3n) is 3.08. The number of amides is 1. The van der Waals surface area contributed by atoms with Crippen LogP contribution in [0.25, 0.3) is 0 Å². The van der Waals surface area contributed by atoms with E-state index in [0.717, 1.165) is 10.2 Å². The summed E-state index contributed by atoms with van der Waals surface area (Å²) < 4.78 is 11.4. The lowest BCUT2D eigenvalue weighted by atomic mass is 10.2. The Bertz CT molecular complexity index is 639. The number of hydrogen-bond donors (Lipinski definition) is 1. The fourth-order valence-electron chi connectivity index (χ4n) is 1.90. The molecule has 0 saturated carbocycles. The standard InChI is InChI=1S/C17H18BrNO3S/c1-21-14-9-12(10-15(11-14)22-2)17(20)19-7-8-23-16-5-3-13(18)4-6-16/h3-6,9-11H,7-8H2,1-2H3,(H,19,20). The summed E-state index contributed by atoms with van der Waals surface area (Å²) >= 11 is 5.11. The molecule has 122 valence electrons. The van der Waals surface area contributed by atoms with E-state index in [4.69, 9.17) is 9.47 Å². The zero-order chi connectivity index (χ0) is 16.7. The van der Waals surface area contributed by atoms with Crippen LogP contribution in [-0.4, -0.2) is 32.4 Å². The van der Waals surface area contributed by atoms with Gasteiger partial charge in [0, 0.05) is 33.3 Å². The molecule has 0 bridgehead atoms. The number of methoxy groups -OCH3 is 2. The molecular weight excluding hydrogens is 378 g/mol. The van der Waals surface area contributed by atoms with Gasteiger partial charge in [-0.25, -0.2) is 0 Å². The van der Waals surface area contributed by atoms with Crippen LogP contribution in [0.4, 0.5) is 0 Å². The predicted octanol–water partition coefficient (Wildman–Crippen LogP) is 3.99. The van der Waals surface area contributed by atoms with Crippen molar-refractivity contribution in [2.75, 3.05) is 26.5 Å². The fraction of sp³-hybridized carbons (Fsp3) is 0.235. The number of rotatable bonds is 7. The second kappa shape index (κ2) is 8.84. The van der Waals surface area contributed by atoms with Crippen molar-refractivity contribution in [1.29, 1.82) is 0 Å². The van der Waals surface area contributed by atoms with Gasteiger partial charge in [-0.15, -0.1) is 11.8 Å². The van der Waals surface area contributed by atoms with Crippen LogP contribution in [0, 0.1) is 0 Å². The first-order valence-corrected chi connectivity index (χ1v) is 8.80. The van der Waals surface area contributed by atoms with Crippen LogP contribution in [0.2, 0.25) is 0 Å². The summed E-state index contributed by atoms with van der Waals surface area (Å²) in [4.78, 5) is 13.4. The van der Waals surface area contributed by atoms with E-state index < -0.39 is 0 Å². The Labute approximate surface area is 148 Å². The van der Waals surface area contributed by atoms with Crippen LogP contribution in [0.5, 0.6) is 11.5 Å². The first-order chi connectivity index (χ1) is 11.1. The highest BCUT2D eigenvalue weighted by atomic mass is 79.9. The molecule has 0 aliphatic rings. The topological polar surface area (TPSA) is 47.6 Å². The van der Waals surface area contributed by atoms with Crippen molar-refractivity contribution >= 4 is 33.6 Å². The van der Waals surface area contributed by atoms with Crippen molar-refractivity contribution < 1.29 is 14.3 Å². The molecule has 0 radical (unpaired) electrons. The average Bonchev–Trinajstić information content (AvgIpc) is 2.59. The molecule has 1 amide bonds. The minimum atomic E-state index is -0.140. The van der Waals surface area contributed by atoms with Gasteiger partial charge < -0.3 is 14.8 Å². The maximum absolute atomic E-state index is 12.2. The molecule has 0 aliphatic heterocycles. The first-order valence-electron chi connectivity index (χ1n) is 7.02. The summed E-state index contributed by atoms with van der Waals surface area (Å²) in [5.74, 6) is 1.85. The molecule has 0 spiro atoms. The Morgan fingerprint density at radius 3 is 2.26 bits per heavy atom. The molecule has 0 saturated heterocycles. The summed E-state index contributed by atoms with van der Waals surface area (Å²) in [5, 5.41) is 2.90. The van der Waals surface area contributed by atoms with E-state index in [1.165, 1.54) is 4.90 Å². The van der Waals surface area contributed by atoms with E-state index in [1.54, 1.807) is 44.2 Å². The first kappa shape index (κ1) is 17.7. The van der Waals surface area contributed by atoms with Crippen molar-refractivity contribution in [3.63, 3.8) is 0 Å². The van der Waals surface area contributed by atoms with Crippen molar-refractivity contribution in [1.82, 2.24) is 5.32 Å². The third-order valence-corrected chi connectivity index (χ3v) is 4.63. The largest absolute Gasteiger partial charge is 0.497 e. The van der Waals surface area contributed by atoms with E-state index in [-0.39, 0.29) is 5.91 Å². The molecule has 23 heavy (non-hydrogen) atoms. The van der Waals surface area contributed by atoms with Crippen LogP contribution in [-0.2, 0) is 0 Å². The van der Waals surface area contributed by atoms with Gasteiger partial charge in [-0.2, -0.15) is 0 Å². The highest BCUT2D eigenvalue weighted by molar-refractivity contribution is 9.10. The number of carbonyl (C=O) groups is 1. The van der Waals surface area contributed by atoms with Crippen LogP contribution >= 0.6 is 27.7 Å². The zero-order valence-electron chi connectivity index (χ0n) is 13.0. The SMILES string of the molecule is COc1cc(OC)cc(C(=O)NCCSc2ccc(Br)cc2)c1. The molecule has 2 aromatic carbocycles. The Kier molecular flexibility index (Phi) is 6.80. The van der Waals surface area contributed by atoms with Gasteiger partial charge in [0.1, 0.15) is 11.5 Å². The van der Waals surface area contributed by atoms with Gasteiger partial charge in [-0.1, -0.05) is 15.9 Å². The van der Waals surface area contributed by atoms with Gasteiger partial charge in [0.25, 0.3) is 5.91 Å². The number of ether oxygens (including phenoxy) is 2. The van der Waals surface area contributed by atoms with Crippen molar-refractivity contribution in [3.05, 3.63) is 52.5 Å². The van der Waals surface area contributed by atoms with Crippen LogP contribution in [0.15, 0.2) is 51.8 Å². The smallest absolute Gasteiger partial charge is 0.251 e. The van der Waals surface area contributed by atoms with Crippen molar-refractivity contribution in [2.24, 2.45) is 0 Å². The quantitative estimate of drug-likeness (QED) is 0.568. The van der Waals surface area contributed by atoms with E-state index in [0.29, 0.717) is 23.6 Å². The van der Waals surface area contributed by atoms with E-state index >= 15 is 0 Å². The lowest BCUT2D eigenvalue weighted by Crippen LogP contribution is -2.25. The number of nitrogens with one attached hydrogen (secondary N) is 1. The number of benzene rings is 2. The molecule has 4 nitrogen and oxygen atoms in total. The highest BCUT2D eigenvalue weighted by Crippen LogP contribution is 2.23. The molecule has 0 heterocycles.